The van der Waals surface area contributed by atoms with Crippen LogP contribution in [0, 0.1) is 5.92 Å². The molecule has 2 atom stereocenters. The van der Waals surface area contributed by atoms with E-state index in [2.05, 4.69) is 5.32 Å². The average molecular weight is 407 g/mol. The average Bonchev–Trinajstić information content (AvgIpc) is 2.69. The minimum absolute atomic E-state index is 0.120. The molecule has 0 bridgehead atoms. The predicted octanol–water partition coefficient (Wildman–Crippen LogP) is 3.62. The Morgan fingerprint density at radius 1 is 1.15 bits per heavy atom. The van der Waals surface area contributed by atoms with Gasteiger partial charge in [-0.15, -0.1) is 0 Å². The van der Waals surface area contributed by atoms with Crippen LogP contribution in [0.15, 0.2) is 59.5 Å². The summed E-state index contributed by atoms with van der Waals surface area (Å²) in [4.78, 5) is 13.0. The molecule has 0 spiro atoms. The van der Waals surface area contributed by atoms with Crippen molar-refractivity contribution in [3.63, 3.8) is 0 Å². The highest BCUT2D eigenvalue weighted by atomic mass is 35.5. The lowest BCUT2D eigenvalue weighted by Gasteiger charge is -2.32. The maximum atomic E-state index is 12.8. The molecule has 0 radical (unpaired) electrons. The van der Waals surface area contributed by atoms with Crippen LogP contribution in [0.3, 0.4) is 0 Å². The summed E-state index contributed by atoms with van der Waals surface area (Å²) in [7, 11) is -3.58. The Balaban J connectivity index is 1.67. The fourth-order valence-electron chi connectivity index (χ4n) is 3.28. The predicted molar refractivity (Wildman–Crippen MR) is 106 cm³/mol. The molecule has 1 fully saturated rings. The summed E-state index contributed by atoms with van der Waals surface area (Å²) in [5, 5.41) is 3.64. The number of sulfonamides is 1. The van der Waals surface area contributed by atoms with Gasteiger partial charge in [0.15, 0.2) is 0 Å². The van der Waals surface area contributed by atoms with Crippen molar-refractivity contribution in [2.75, 3.05) is 13.1 Å². The molecule has 1 N–H and O–H groups in total. The standard InChI is InChI=1S/C20H23ClN2O3S/c1-15(16-9-11-18(21)12-10-16)22-20(24)17-6-5-13-23(14-17)27(25,26)19-7-3-2-4-8-19/h2-4,7-12,15,17H,5-6,13-14H2,1H3,(H,22,24)/t15-,17+/m0/s1. The van der Waals surface area contributed by atoms with Crippen molar-refractivity contribution in [2.24, 2.45) is 5.92 Å². The monoisotopic (exact) mass is 406 g/mol. The normalized spacial score (nSPS) is 19.4. The van der Waals surface area contributed by atoms with E-state index in [0.717, 1.165) is 5.56 Å². The van der Waals surface area contributed by atoms with Crippen molar-refractivity contribution in [1.82, 2.24) is 9.62 Å². The highest BCUT2D eigenvalue weighted by molar-refractivity contribution is 7.89. The van der Waals surface area contributed by atoms with Gasteiger partial charge < -0.3 is 5.32 Å². The summed E-state index contributed by atoms with van der Waals surface area (Å²) >= 11 is 5.90. The Hall–Kier alpha value is -1.89. The van der Waals surface area contributed by atoms with E-state index in [1.165, 1.54) is 4.31 Å². The maximum Gasteiger partial charge on any atom is 0.243 e. The summed E-state index contributed by atoms with van der Waals surface area (Å²) in [6, 6.07) is 15.5. The lowest BCUT2D eigenvalue weighted by Crippen LogP contribution is -2.45. The number of amides is 1. The third kappa shape index (κ3) is 4.69. The van der Waals surface area contributed by atoms with Gasteiger partial charge in [0, 0.05) is 18.1 Å². The zero-order valence-electron chi connectivity index (χ0n) is 15.1. The van der Waals surface area contributed by atoms with Crippen molar-refractivity contribution >= 4 is 27.5 Å². The van der Waals surface area contributed by atoms with Crippen LogP contribution in [0.2, 0.25) is 5.02 Å². The van der Waals surface area contributed by atoms with Crippen molar-refractivity contribution in [3.05, 3.63) is 65.2 Å². The van der Waals surface area contributed by atoms with E-state index in [-0.39, 0.29) is 29.3 Å². The molecule has 0 aliphatic carbocycles. The minimum Gasteiger partial charge on any atom is -0.349 e. The highest BCUT2D eigenvalue weighted by Gasteiger charge is 2.33. The molecule has 0 unspecified atom stereocenters. The molecule has 27 heavy (non-hydrogen) atoms. The van der Waals surface area contributed by atoms with Gasteiger partial charge in [-0.25, -0.2) is 8.42 Å². The number of carbonyl (C=O) groups excluding carboxylic acids is 1. The fraction of sp³-hybridized carbons (Fsp3) is 0.350. The second kappa shape index (κ2) is 8.42. The quantitative estimate of drug-likeness (QED) is 0.824. The lowest BCUT2D eigenvalue weighted by molar-refractivity contribution is -0.126. The van der Waals surface area contributed by atoms with E-state index in [1.54, 1.807) is 42.5 Å². The Morgan fingerprint density at radius 3 is 2.48 bits per heavy atom. The molecule has 1 aliphatic rings. The van der Waals surface area contributed by atoms with E-state index in [1.807, 2.05) is 19.1 Å². The van der Waals surface area contributed by atoms with Crippen LogP contribution in [0.25, 0.3) is 0 Å². The summed E-state index contributed by atoms with van der Waals surface area (Å²) in [6.07, 6.45) is 1.35. The summed E-state index contributed by atoms with van der Waals surface area (Å²) < 4.78 is 27.0. The molecule has 0 saturated carbocycles. The topological polar surface area (TPSA) is 66.5 Å². The van der Waals surface area contributed by atoms with E-state index in [4.69, 9.17) is 11.6 Å². The van der Waals surface area contributed by atoms with Gasteiger partial charge in [0.1, 0.15) is 0 Å². The zero-order valence-corrected chi connectivity index (χ0v) is 16.7. The molecule has 0 aromatic heterocycles. The van der Waals surface area contributed by atoms with E-state index >= 15 is 0 Å². The SMILES string of the molecule is C[C@H](NC(=O)[C@@H]1CCCN(S(=O)(=O)c2ccccc2)C1)c1ccc(Cl)cc1. The van der Waals surface area contributed by atoms with Crippen LogP contribution in [0.4, 0.5) is 0 Å². The van der Waals surface area contributed by atoms with E-state index in [9.17, 15) is 13.2 Å². The molecular formula is C20H23ClN2O3S. The number of hydrogen-bond donors (Lipinski definition) is 1. The summed E-state index contributed by atoms with van der Waals surface area (Å²) in [5.74, 6) is -0.475. The third-order valence-corrected chi connectivity index (χ3v) is 7.00. The maximum absolute atomic E-state index is 12.8. The molecule has 2 aromatic rings. The Labute approximate surface area is 165 Å². The second-order valence-corrected chi connectivity index (χ2v) is 9.17. The highest BCUT2D eigenvalue weighted by Crippen LogP contribution is 2.25. The van der Waals surface area contributed by atoms with E-state index < -0.39 is 10.0 Å². The van der Waals surface area contributed by atoms with Gasteiger partial charge in [0.05, 0.1) is 16.9 Å². The van der Waals surface area contributed by atoms with Gasteiger partial charge >= 0.3 is 0 Å². The minimum atomic E-state index is -3.58. The molecule has 144 valence electrons. The van der Waals surface area contributed by atoms with Crippen LogP contribution in [0.1, 0.15) is 31.4 Å². The first-order valence-electron chi connectivity index (χ1n) is 8.99. The van der Waals surface area contributed by atoms with Crippen molar-refractivity contribution in [3.8, 4) is 0 Å². The van der Waals surface area contributed by atoms with Crippen molar-refractivity contribution < 1.29 is 13.2 Å². The Morgan fingerprint density at radius 2 is 1.81 bits per heavy atom. The number of benzene rings is 2. The van der Waals surface area contributed by atoms with Gasteiger partial charge in [0.2, 0.25) is 15.9 Å². The fourth-order valence-corrected chi connectivity index (χ4v) is 4.95. The number of rotatable bonds is 5. The van der Waals surface area contributed by atoms with Gasteiger partial charge in [-0.05, 0) is 49.6 Å². The zero-order chi connectivity index (χ0) is 19.4. The molecule has 1 aliphatic heterocycles. The molecular weight excluding hydrogens is 384 g/mol. The molecule has 1 amide bonds. The number of halogens is 1. The van der Waals surface area contributed by atoms with Crippen LogP contribution < -0.4 is 5.32 Å². The summed E-state index contributed by atoms with van der Waals surface area (Å²) in [6.45, 7) is 2.55. The van der Waals surface area contributed by atoms with Crippen molar-refractivity contribution in [2.45, 2.75) is 30.7 Å². The van der Waals surface area contributed by atoms with Gasteiger partial charge in [0.25, 0.3) is 0 Å². The van der Waals surface area contributed by atoms with Crippen molar-refractivity contribution in [1.29, 1.82) is 0 Å². The smallest absolute Gasteiger partial charge is 0.243 e. The van der Waals surface area contributed by atoms with Gasteiger partial charge in [-0.3, -0.25) is 4.79 Å². The largest absolute Gasteiger partial charge is 0.349 e. The Kier molecular flexibility index (Phi) is 6.19. The van der Waals surface area contributed by atoms with Crippen LogP contribution in [-0.4, -0.2) is 31.7 Å². The third-order valence-electron chi connectivity index (χ3n) is 4.86. The molecule has 5 nitrogen and oxygen atoms in total. The molecule has 2 aromatic carbocycles. The number of nitrogens with zero attached hydrogens (tertiary/aromatic N) is 1. The van der Waals surface area contributed by atoms with Gasteiger partial charge in [-0.1, -0.05) is 41.9 Å². The number of carbonyl (C=O) groups is 1. The molecule has 3 rings (SSSR count). The Bertz CT molecular complexity index is 885. The van der Waals surface area contributed by atoms with E-state index in [0.29, 0.717) is 24.4 Å². The number of hydrogen-bond acceptors (Lipinski definition) is 3. The van der Waals surface area contributed by atoms with Gasteiger partial charge in [-0.2, -0.15) is 4.31 Å². The number of nitrogens with one attached hydrogen (secondary N) is 1. The number of piperidine rings is 1. The molecule has 1 saturated heterocycles. The van der Waals surface area contributed by atoms with Crippen LogP contribution in [0.5, 0.6) is 0 Å². The molecule has 1 heterocycles. The first-order chi connectivity index (χ1) is 12.9. The molecule has 7 heteroatoms. The lowest BCUT2D eigenvalue weighted by atomic mass is 9.98. The second-order valence-electron chi connectivity index (χ2n) is 6.80. The summed E-state index contributed by atoms with van der Waals surface area (Å²) in [5.41, 5.74) is 0.956. The first-order valence-corrected chi connectivity index (χ1v) is 10.8. The first kappa shape index (κ1) is 19.9. The van der Waals surface area contributed by atoms with Crippen LogP contribution >= 0.6 is 11.6 Å². The van der Waals surface area contributed by atoms with Crippen LogP contribution in [-0.2, 0) is 14.8 Å².